The third-order valence-corrected chi connectivity index (χ3v) is 3.58. The van der Waals surface area contributed by atoms with Crippen LogP contribution < -0.4 is 0 Å². The standard InChI is InChI=1S/C17H31NO4/c1-16(2,3)9-12-21-14(19)13-7-10-18(11-8-13)15(20)22-17(4,5)6/h13H,7-12H2,1-6H3. The molecule has 0 aromatic carbocycles. The maximum atomic E-state index is 12.0. The van der Waals surface area contributed by atoms with Crippen LogP contribution in [0.25, 0.3) is 0 Å². The molecule has 0 radical (unpaired) electrons. The number of likely N-dealkylation sites (tertiary alicyclic amines) is 1. The number of hydrogen-bond donors (Lipinski definition) is 0. The molecule has 1 aliphatic heterocycles. The van der Waals surface area contributed by atoms with Gasteiger partial charge in [0.1, 0.15) is 5.60 Å². The van der Waals surface area contributed by atoms with E-state index in [9.17, 15) is 9.59 Å². The Morgan fingerprint density at radius 3 is 2.05 bits per heavy atom. The Morgan fingerprint density at radius 2 is 1.59 bits per heavy atom. The molecule has 5 nitrogen and oxygen atoms in total. The van der Waals surface area contributed by atoms with Crippen molar-refractivity contribution in [3.8, 4) is 0 Å². The predicted molar refractivity (Wildman–Crippen MR) is 85.6 cm³/mol. The molecule has 1 aliphatic rings. The lowest BCUT2D eigenvalue weighted by molar-refractivity contribution is -0.150. The van der Waals surface area contributed by atoms with Crippen molar-refractivity contribution in [3.05, 3.63) is 0 Å². The lowest BCUT2D eigenvalue weighted by Crippen LogP contribution is -2.43. The molecule has 0 N–H and O–H groups in total. The Labute approximate surface area is 134 Å². The number of carbonyl (C=O) groups excluding carboxylic acids is 2. The summed E-state index contributed by atoms with van der Waals surface area (Å²) in [6.07, 6.45) is 1.85. The minimum atomic E-state index is -0.486. The summed E-state index contributed by atoms with van der Waals surface area (Å²) in [5.74, 6) is -0.230. The van der Waals surface area contributed by atoms with Gasteiger partial charge in [-0.3, -0.25) is 4.79 Å². The number of amides is 1. The van der Waals surface area contributed by atoms with Crippen LogP contribution in [0.1, 0.15) is 60.8 Å². The topological polar surface area (TPSA) is 55.8 Å². The second-order valence-electron chi connectivity index (χ2n) is 8.22. The highest BCUT2D eigenvalue weighted by atomic mass is 16.6. The summed E-state index contributed by atoms with van der Waals surface area (Å²) in [5.41, 5.74) is -0.319. The minimum Gasteiger partial charge on any atom is -0.465 e. The van der Waals surface area contributed by atoms with Gasteiger partial charge in [0.25, 0.3) is 0 Å². The van der Waals surface area contributed by atoms with Gasteiger partial charge in [0, 0.05) is 13.1 Å². The van der Waals surface area contributed by atoms with E-state index < -0.39 is 5.60 Å². The van der Waals surface area contributed by atoms with Gasteiger partial charge in [-0.05, 0) is 45.4 Å². The molecular weight excluding hydrogens is 282 g/mol. The van der Waals surface area contributed by atoms with Crippen LogP contribution in [-0.4, -0.2) is 42.3 Å². The molecule has 22 heavy (non-hydrogen) atoms. The largest absolute Gasteiger partial charge is 0.465 e. The highest BCUT2D eigenvalue weighted by Gasteiger charge is 2.30. The van der Waals surface area contributed by atoms with Crippen LogP contribution in [0.5, 0.6) is 0 Å². The number of piperidine rings is 1. The molecule has 0 aromatic heterocycles. The summed E-state index contributed by atoms with van der Waals surface area (Å²) in [4.78, 5) is 25.7. The van der Waals surface area contributed by atoms with Gasteiger partial charge in [0.05, 0.1) is 12.5 Å². The van der Waals surface area contributed by atoms with Crippen molar-refractivity contribution in [2.24, 2.45) is 11.3 Å². The number of nitrogens with zero attached hydrogens (tertiary/aromatic N) is 1. The molecule has 1 saturated heterocycles. The van der Waals surface area contributed by atoms with Gasteiger partial charge in [-0.1, -0.05) is 20.8 Å². The Hall–Kier alpha value is -1.26. The van der Waals surface area contributed by atoms with Crippen LogP contribution in [0.2, 0.25) is 0 Å². The summed E-state index contributed by atoms with van der Waals surface area (Å²) in [6.45, 7) is 13.5. The van der Waals surface area contributed by atoms with Crippen LogP contribution in [0.15, 0.2) is 0 Å². The van der Waals surface area contributed by atoms with E-state index >= 15 is 0 Å². The number of esters is 1. The number of ether oxygens (including phenoxy) is 2. The van der Waals surface area contributed by atoms with Gasteiger partial charge in [-0.2, -0.15) is 0 Å². The van der Waals surface area contributed by atoms with Crippen LogP contribution in [0.3, 0.4) is 0 Å². The normalized spacial score (nSPS) is 17.3. The molecule has 1 rings (SSSR count). The summed E-state index contributed by atoms with van der Waals surface area (Å²) in [5, 5.41) is 0. The highest BCUT2D eigenvalue weighted by molar-refractivity contribution is 5.73. The van der Waals surface area contributed by atoms with Crippen molar-refractivity contribution < 1.29 is 19.1 Å². The first-order valence-corrected chi connectivity index (χ1v) is 8.12. The number of carbonyl (C=O) groups is 2. The second-order valence-corrected chi connectivity index (χ2v) is 8.22. The molecule has 128 valence electrons. The molecular formula is C17H31NO4. The highest BCUT2D eigenvalue weighted by Crippen LogP contribution is 2.22. The van der Waals surface area contributed by atoms with E-state index in [2.05, 4.69) is 20.8 Å². The average molecular weight is 313 g/mol. The molecule has 0 aromatic rings. The zero-order valence-electron chi connectivity index (χ0n) is 14.9. The lowest BCUT2D eigenvalue weighted by atomic mass is 9.93. The molecule has 1 fully saturated rings. The molecule has 0 bridgehead atoms. The fourth-order valence-corrected chi connectivity index (χ4v) is 2.20. The van der Waals surface area contributed by atoms with Crippen LogP contribution in [0.4, 0.5) is 4.79 Å². The maximum Gasteiger partial charge on any atom is 0.410 e. The lowest BCUT2D eigenvalue weighted by Gasteiger charge is -2.32. The van der Waals surface area contributed by atoms with Gasteiger partial charge in [0.15, 0.2) is 0 Å². The Bertz CT molecular complexity index is 384. The van der Waals surface area contributed by atoms with Crippen molar-refractivity contribution in [1.82, 2.24) is 4.90 Å². The molecule has 0 spiro atoms. The van der Waals surface area contributed by atoms with E-state index in [-0.39, 0.29) is 23.4 Å². The number of rotatable bonds is 3. The van der Waals surface area contributed by atoms with Crippen molar-refractivity contribution in [3.63, 3.8) is 0 Å². The summed E-state index contributed by atoms with van der Waals surface area (Å²) >= 11 is 0. The molecule has 1 heterocycles. The first-order chi connectivity index (χ1) is 9.98. The van der Waals surface area contributed by atoms with Crippen molar-refractivity contribution in [2.75, 3.05) is 19.7 Å². The van der Waals surface area contributed by atoms with Gasteiger partial charge >= 0.3 is 12.1 Å². The van der Waals surface area contributed by atoms with E-state index in [1.165, 1.54) is 0 Å². The quantitative estimate of drug-likeness (QED) is 0.747. The smallest absolute Gasteiger partial charge is 0.410 e. The van der Waals surface area contributed by atoms with E-state index in [0.717, 1.165) is 6.42 Å². The van der Waals surface area contributed by atoms with Crippen LogP contribution in [-0.2, 0) is 14.3 Å². The van der Waals surface area contributed by atoms with E-state index in [4.69, 9.17) is 9.47 Å². The number of hydrogen-bond acceptors (Lipinski definition) is 4. The Morgan fingerprint density at radius 1 is 1.05 bits per heavy atom. The zero-order valence-corrected chi connectivity index (χ0v) is 14.9. The molecule has 5 heteroatoms. The first kappa shape index (κ1) is 18.8. The molecule has 0 saturated carbocycles. The van der Waals surface area contributed by atoms with Gasteiger partial charge in [-0.15, -0.1) is 0 Å². The maximum absolute atomic E-state index is 12.0. The van der Waals surface area contributed by atoms with Gasteiger partial charge in [0.2, 0.25) is 0 Å². The molecule has 0 unspecified atom stereocenters. The van der Waals surface area contributed by atoms with Crippen LogP contribution in [0, 0.1) is 11.3 Å². The Balaban J connectivity index is 2.32. The molecule has 1 amide bonds. The van der Waals surface area contributed by atoms with Gasteiger partial charge in [-0.25, -0.2) is 4.79 Å². The fraction of sp³-hybridized carbons (Fsp3) is 0.882. The summed E-state index contributed by atoms with van der Waals surface area (Å²) < 4.78 is 10.7. The van der Waals surface area contributed by atoms with Crippen molar-refractivity contribution >= 4 is 12.1 Å². The van der Waals surface area contributed by atoms with E-state index in [0.29, 0.717) is 32.5 Å². The summed E-state index contributed by atoms with van der Waals surface area (Å²) in [6, 6.07) is 0. The molecule has 0 aliphatic carbocycles. The van der Waals surface area contributed by atoms with E-state index in [1.807, 2.05) is 20.8 Å². The predicted octanol–water partition coefficient (Wildman–Crippen LogP) is 3.61. The van der Waals surface area contributed by atoms with Crippen molar-refractivity contribution in [2.45, 2.75) is 66.4 Å². The molecule has 0 atom stereocenters. The van der Waals surface area contributed by atoms with Gasteiger partial charge < -0.3 is 14.4 Å². The average Bonchev–Trinajstić information content (AvgIpc) is 2.35. The summed E-state index contributed by atoms with van der Waals surface area (Å²) in [7, 11) is 0. The zero-order chi connectivity index (χ0) is 17.0. The first-order valence-electron chi connectivity index (χ1n) is 8.12. The fourth-order valence-electron chi connectivity index (χ4n) is 2.20. The monoisotopic (exact) mass is 313 g/mol. The van der Waals surface area contributed by atoms with Crippen molar-refractivity contribution in [1.29, 1.82) is 0 Å². The van der Waals surface area contributed by atoms with E-state index in [1.54, 1.807) is 4.90 Å². The Kier molecular flexibility index (Phi) is 6.27. The van der Waals surface area contributed by atoms with Crippen LogP contribution >= 0.6 is 0 Å². The second kappa shape index (κ2) is 7.34. The third kappa shape index (κ3) is 7.14. The SMILES string of the molecule is CC(C)(C)CCOC(=O)C1CCN(C(=O)OC(C)(C)C)CC1. The third-order valence-electron chi connectivity index (χ3n) is 3.58. The minimum absolute atomic E-state index is 0.0985.